The fourth-order valence-corrected chi connectivity index (χ4v) is 2.33. The van der Waals surface area contributed by atoms with Crippen LogP contribution in [-0.2, 0) is 4.79 Å². The van der Waals surface area contributed by atoms with Crippen molar-refractivity contribution in [3.63, 3.8) is 0 Å². The number of carbonyl (C=O) groups excluding carboxylic acids is 1. The highest BCUT2D eigenvalue weighted by atomic mass is 19.1. The fraction of sp³-hybridized carbons (Fsp3) is 0.118. The lowest BCUT2D eigenvalue weighted by Crippen LogP contribution is -2.35. The van der Waals surface area contributed by atoms with Crippen molar-refractivity contribution in [3.05, 3.63) is 65.4 Å². The Morgan fingerprint density at radius 3 is 2.73 bits per heavy atom. The van der Waals surface area contributed by atoms with Gasteiger partial charge in [-0.1, -0.05) is 12.1 Å². The van der Waals surface area contributed by atoms with Crippen LogP contribution >= 0.6 is 0 Å². The van der Waals surface area contributed by atoms with Crippen molar-refractivity contribution in [2.24, 2.45) is 0 Å². The minimum atomic E-state index is -0.677. The predicted octanol–water partition coefficient (Wildman–Crippen LogP) is 3.75. The van der Waals surface area contributed by atoms with Crippen LogP contribution in [0, 0.1) is 11.6 Å². The molecular weight excluding hydrogens is 288 g/mol. The second-order valence-electron chi connectivity index (χ2n) is 4.95. The minimum Gasteiger partial charge on any atom is -0.458 e. The zero-order valence-electron chi connectivity index (χ0n) is 11.8. The molecule has 1 aliphatic heterocycles. The number of carbonyl (C=O) groups is 1. The summed E-state index contributed by atoms with van der Waals surface area (Å²) in [6, 6.07) is 10.4. The maximum atomic E-state index is 13.7. The van der Waals surface area contributed by atoms with E-state index < -0.39 is 11.6 Å². The zero-order chi connectivity index (χ0) is 15.7. The van der Waals surface area contributed by atoms with E-state index >= 15 is 0 Å². The third kappa shape index (κ3) is 2.70. The molecule has 0 atom stereocenters. The van der Waals surface area contributed by atoms with Gasteiger partial charge in [0.1, 0.15) is 17.4 Å². The number of halogens is 2. The second kappa shape index (κ2) is 5.60. The van der Waals surface area contributed by atoms with Crippen LogP contribution in [0.1, 0.15) is 12.5 Å². The Morgan fingerprint density at radius 1 is 1.23 bits per heavy atom. The molecule has 0 saturated heterocycles. The van der Waals surface area contributed by atoms with Crippen molar-refractivity contribution < 1.29 is 18.3 Å². The lowest BCUT2D eigenvalue weighted by atomic mass is 10.1. The first-order chi connectivity index (χ1) is 10.5. The van der Waals surface area contributed by atoms with Crippen LogP contribution in [0.4, 0.5) is 14.5 Å². The molecule has 2 aromatic carbocycles. The molecule has 0 spiro atoms. The maximum Gasteiger partial charge on any atom is 0.224 e. The molecule has 3 rings (SSSR count). The number of para-hydroxylation sites is 2. The Kier molecular flexibility index (Phi) is 3.63. The van der Waals surface area contributed by atoms with Gasteiger partial charge in [0.25, 0.3) is 0 Å². The van der Waals surface area contributed by atoms with Gasteiger partial charge in [0.05, 0.1) is 12.2 Å². The normalized spacial score (nSPS) is 15.4. The van der Waals surface area contributed by atoms with E-state index in [2.05, 4.69) is 0 Å². The molecule has 0 N–H and O–H groups in total. The average molecular weight is 301 g/mol. The number of hydrogen-bond acceptors (Lipinski definition) is 2. The molecule has 3 nitrogen and oxygen atoms in total. The first-order valence-corrected chi connectivity index (χ1v) is 6.75. The number of amides is 1. The monoisotopic (exact) mass is 301 g/mol. The molecule has 1 aliphatic rings. The third-order valence-corrected chi connectivity index (χ3v) is 3.37. The van der Waals surface area contributed by atoms with Gasteiger partial charge in [-0.2, -0.15) is 0 Å². The highest BCUT2D eigenvalue weighted by Gasteiger charge is 2.24. The van der Waals surface area contributed by atoms with E-state index in [-0.39, 0.29) is 18.0 Å². The van der Waals surface area contributed by atoms with Gasteiger partial charge in [-0.3, -0.25) is 4.79 Å². The molecule has 0 aliphatic carbocycles. The highest BCUT2D eigenvalue weighted by Crippen LogP contribution is 2.34. The van der Waals surface area contributed by atoms with Crippen LogP contribution in [0.5, 0.6) is 5.75 Å². The molecule has 112 valence electrons. The third-order valence-electron chi connectivity index (χ3n) is 3.37. The van der Waals surface area contributed by atoms with Crippen LogP contribution in [0.25, 0.3) is 6.08 Å². The lowest BCUT2D eigenvalue weighted by Gasteiger charge is -2.30. The van der Waals surface area contributed by atoms with Gasteiger partial charge in [-0.25, -0.2) is 8.78 Å². The van der Waals surface area contributed by atoms with Gasteiger partial charge in [0.15, 0.2) is 5.75 Å². The van der Waals surface area contributed by atoms with E-state index in [1.807, 2.05) is 6.07 Å². The number of hydrogen-bond donors (Lipinski definition) is 0. The topological polar surface area (TPSA) is 29.5 Å². The van der Waals surface area contributed by atoms with Crippen molar-refractivity contribution in [3.8, 4) is 5.75 Å². The molecule has 0 aromatic heterocycles. The minimum absolute atomic E-state index is 0.138. The summed E-state index contributed by atoms with van der Waals surface area (Å²) < 4.78 is 32.4. The van der Waals surface area contributed by atoms with Crippen LogP contribution in [-0.4, -0.2) is 12.5 Å². The molecule has 0 saturated carbocycles. The van der Waals surface area contributed by atoms with E-state index in [9.17, 15) is 13.6 Å². The maximum absolute atomic E-state index is 13.7. The van der Waals surface area contributed by atoms with Gasteiger partial charge < -0.3 is 9.64 Å². The molecular formula is C17H13F2NO2. The van der Waals surface area contributed by atoms with Crippen LogP contribution in [0.15, 0.2) is 48.2 Å². The Hall–Kier alpha value is -2.69. The molecule has 1 heterocycles. The number of rotatable bonds is 1. The number of ether oxygens (including phenoxy) is 1. The summed E-state index contributed by atoms with van der Waals surface area (Å²) >= 11 is 0. The van der Waals surface area contributed by atoms with Crippen LogP contribution < -0.4 is 9.64 Å². The summed E-state index contributed by atoms with van der Waals surface area (Å²) in [4.78, 5) is 13.3. The number of benzene rings is 2. The highest BCUT2D eigenvalue weighted by molar-refractivity contribution is 5.94. The number of anilines is 1. The van der Waals surface area contributed by atoms with Gasteiger partial charge in [-0.05, 0) is 30.3 Å². The molecule has 1 amide bonds. The summed E-state index contributed by atoms with van der Waals surface area (Å²) in [5.74, 6) is -0.511. The Morgan fingerprint density at radius 2 is 2.00 bits per heavy atom. The average Bonchev–Trinajstić information content (AvgIpc) is 2.49. The number of fused-ring (bicyclic) bond motifs is 1. The standard InChI is InChI=1S/C17H13F2NO2/c1-11(21)20-10-14(22-17-5-3-2-4-16(17)20)8-12-6-7-13(18)9-15(12)19/h2-9H,10H2,1H3/b14-8+. The first kappa shape index (κ1) is 14.3. The molecule has 0 radical (unpaired) electrons. The largest absolute Gasteiger partial charge is 0.458 e. The summed E-state index contributed by atoms with van der Waals surface area (Å²) in [6.07, 6.45) is 1.47. The predicted molar refractivity (Wildman–Crippen MR) is 79.4 cm³/mol. The SMILES string of the molecule is CC(=O)N1C/C(=C\c2ccc(F)cc2F)Oc2ccccc21. The van der Waals surface area contributed by atoms with Crippen LogP contribution in [0.3, 0.4) is 0 Å². The summed E-state index contributed by atoms with van der Waals surface area (Å²) in [5.41, 5.74) is 0.881. The Balaban J connectivity index is 2.00. The number of nitrogens with zero attached hydrogens (tertiary/aromatic N) is 1. The zero-order valence-corrected chi connectivity index (χ0v) is 11.8. The molecule has 0 bridgehead atoms. The van der Waals surface area contributed by atoms with Crippen molar-refractivity contribution in [2.75, 3.05) is 11.4 Å². The summed E-state index contributed by atoms with van der Waals surface area (Å²) in [6.45, 7) is 1.65. The van der Waals surface area contributed by atoms with E-state index in [1.165, 1.54) is 25.1 Å². The van der Waals surface area contributed by atoms with Crippen molar-refractivity contribution in [1.82, 2.24) is 0 Å². The fourth-order valence-electron chi connectivity index (χ4n) is 2.33. The molecule has 22 heavy (non-hydrogen) atoms. The molecule has 2 aromatic rings. The van der Waals surface area contributed by atoms with Gasteiger partial charge >= 0.3 is 0 Å². The van der Waals surface area contributed by atoms with Crippen molar-refractivity contribution in [1.29, 1.82) is 0 Å². The van der Waals surface area contributed by atoms with Crippen molar-refractivity contribution in [2.45, 2.75) is 6.92 Å². The molecule has 5 heteroatoms. The van der Waals surface area contributed by atoms with E-state index in [0.29, 0.717) is 17.2 Å². The van der Waals surface area contributed by atoms with Crippen molar-refractivity contribution >= 4 is 17.7 Å². The Bertz CT molecular complexity index is 771. The van der Waals surface area contributed by atoms with Gasteiger partial charge in [0.2, 0.25) is 5.91 Å². The van der Waals surface area contributed by atoms with E-state index in [0.717, 1.165) is 6.07 Å². The molecule has 0 unspecified atom stereocenters. The lowest BCUT2D eigenvalue weighted by molar-refractivity contribution is -0.116. The summed E-state index contributed by atoms with van der Waals surface area (Å²) in [5, 5.41) is 0. The van der Waals surface area contributed by atoms with E-state index in [1.54, 1.807) is 23.1 Å². The smallest absolute Gasteiger partial charge is 0.224 e. The quantitative estimate of drug-likeness (QED) is 0.803. The Labute approximate surface area is 126 Å². The van der Waals surface area contributed by atoms with Gasteiger partial charge in [0, 0.05) is 18.6 Å². The van der Waals surface area contributed by atoms with Gasteiger partial charge in [-0.15, -0.1) is 0 Å². The second-order valence-corrected chi connectivity index (χ2v) is 4.95. The van der Waals surface area contributed by atoms with Crippen LogP contribution in [0.2, 0.25) is 0 Å². The molecule has 0 fully saturated rings. The summed E-state index contributed by atoms with van der Waals surface area (Å²) in [7, 11) is 0. The van der Waals surface area contributed by atoms with E-state index in [4.69, 9.17) is 4.74 Å². The first-order valence-electron chi connectivity index (χ1n) is 6.75.